The number of nitrogens with one attached hydrogen (secondary N) is 1. The fourth-order valence-corrected chi connectivity index (χ4v) is 6.61. The topological polar surface area (TPSA) is 116 Å². The third-order valence-electron chi connectivity index (χ3n) is 8.64. The van der Waals surface area contributed by atoms with Gasteiger partial charge >= 0.3 is 6.09 Å². The van der Waals surface area contributed by atoms with E-state index in [0.717, 1.165) is 59.8 Å². The Morgan fingerprint density at radius 3 is 2.49 bits per heavy atom. The van der Waals surface area contributed by atoms with Crippen LogP contribution in [0.5, 0.6) is 0 Å². The lowest BCUT2D eigenvalue weighted by atomic mass is 9.80. The maximum absolute atomic E-state index is 13.3. The summed E-state index contributed by atoms with van der Waals surface area (Å²) in [5, 5.41) is 4.60. The van der Waals surface area contributed by atoms with Gasteiger partial charge in [0.05, 0.1) is 24.3 Å². The molecule has 0 spiro atoms. The number of nitrogens with zero attached hydrogens (tertiary/aromatic N) is 2. The van der Waals surface area contributed by atoms with Crippen molar-refractivity contribution in [2.75, 3.05) is 31.6 Å². The van der Waals surface area contributed by atoms with E-state index >= 15 is 0 Å². The van der Waals surface area contributed by atoms with Crippen LogP contribution in [0.15, 0.2) is 42.5 Å². The van der Waals surface area contributed by atoms with Crippen LogP contribution in [0.4, 0.5) is 10.5 Å². The number of nitrogens with two attached hydrogens (primary N) is 1. The Morgan fingerprint density at radius 1 is 1.02 bits per heavy atom. The van der Waals surface area contributed by atoms with E-state index in [1.54, 1.807) is 11.0 Å². The molecule has 9 nitrogen and oxygen atoms in total. The summed E-state index contributed by atoms with van der Waals surface area (Å²) in [5.41, 5.74) is 10.7. The zero-order valence-electron chi connectivity index (χ0n) is 23.8. The molecule has 2 amide bonds. The van der Waals surface area contributed by atoms with E-state index in [9.17, 15) is 14.4 Å². The molecule has 41 heavy (non-hydrogen) atoms. The lowest BCUT2D eigenvalue weighted by molar-refractivity contribution is 0.00500. The lowest BCUT2D eigenvalue weighted by Crippen LogP contribution is -2.43. The fraction of sp³-hybridized carbons (Fsp3) is 0.469. The van der Waals surface area contributed by atoms with E-state index in [1.807, 2.05) is 34.9 Å². The van der Waals surface area contributed by atoms with E-state index in [4.69, 9.17) is 15.2 Å². The molecular weight excluding hydrogens is 520 g/mol. The molecule has 1 saturated carbocycles. The molecule has 3 N–H and O–H groups in total. The molecule has 6 rings (SSSR count). The minimum absolute atomic E-state index is 0.108. The largest absolute Gasteiger partial charge is 0.446 e. The quantitative estimate of drug-likeness (QED) is 0.444. The van der Waals surface area contributed by atoms with Gasteiger partial charge in [0.2, 0.25) is 5.91 Å². The average molecular weight is 559 g/mol. The second-order valence-electron chi connectivity index (χ2n) is 12.3. The van der Waals surface area contributed by atoms with Crippen LogP contribution in [-0.2, 0) is 15.9 Å². The summed E-state index contributed by atoms with van der Waals surface area (Å²) < 4.78 is 13.0. The van der Waals surface area contributed by atoms with Crippen LogP contribution in [0.3, 0.4) is 0 Å². The number of fused-ring (bicyclic) bond motifs is 3. The zero-order valence-corrected chi connectivity index (χ0v) is 23.8. The standard InChI is InChI=1S/C32H38N4O5/c1-32(2)18-27-29(24-5-3-4-6-26(24)36(27)28(37)19-32)20-7-12-23(30(33)38)25(17-20)34-21-8-10-22(11-9-21)41-31(39)35-13-15-40-16-14-35/h3-7,12,17,21-22,34H,8-11,13-16,18-19H2,1-2H3,(H2,33,38). The lowest BCUT2D eigenvalue weighted by Gasteiger charge is -2.32. The fourth-order valence-electron chi connectivity index (χ4n) is 6.61. The van der Waals surface area contributed by atoms with Crippen LogP contribution < -0.4 is 11.1 Å². The zero-order chi connectivity index (χ0) is 28.7. The van der Waals surface area contributed by atoms with Crippen LogP contribution in [0.1, 0.15) is 66.8 Å². The molecule has 2 fully saturated rings. The Bertz CT molecular complexity index is 1500. The molecule has 2 aromatic carbocycles. The molecule has 0 bridgehead atoms. The van der Waals surface area contributed by atoms with Crippen molar-refractivity contribution in [3.8, 4) is 11.1 Å². The molecule has 1 saturated heterocycles. The number of morpholine rings is 1. The predicted molar refractivity (Wildman–Crippen MR) is 157 cm³/mol. The van der Waals surface area contributed by atoms with Crippen LogP contribution in [0.25, 0.3) is 22.0 Å². The third kappa shape index (κ3) is 5.43. The molecular formula is C32H38N4O5. The molecule has 216 valence electrons. The van der Waals surface area contributed by atoms with E-state index in [1.165, 1.54) is 0 Å². The highest BCUT2D eigenvalue weighted by Gasteiger charge is 2.35. The molecule has 1 aliphatic carbocycles. The number of ether oxygens (including phenoxy) is 2. The van der Waals surface area contributed by atoms with Crippen molar-refractivity contribution in [1.29, 1.82) is 0 Å². The van der Waals surface area contributed by atoms with Gasteiger partial charge < -0.3 is 25.4 Å². The van der Waals surface area contributed by atoms with Crippen LogP contribution in [0, 0.1) is 5.41 Å². The Labute approximate surface area is 240 Å². The summed E-state index contributed by atoms with van der Waals surface area (Å²) in [6, 6.07) is 13.8. The van der Waals surface area contributed by atoms with Gasteiger partial charge in [0.1, 0.15) is 6.10 Å². The average Bonchev–Trinajstić information content (AvgIpc) is 3.27. The highest BCUT2D eigenvalue weighted by atomic mass is 16.6. The first-order chi connectivity index (χ1) is 19.7. The van der Waals surface area contributed by atoms with Gasteiger partial charge in [-0.15, -0.1) is 0 Å². The van der Waals surface area contributed by atoms with Crippen molar-refractivity contribution in [2.24, 2.45) is 11.1 Å². The SMILES string of the molecule is CC1(C)CC(=O)n2c(c(-c3ccc(C(N)=O)c(NC4CCC(OC(=O)N5CCOCC5)CC4)c3)c3ccccc32)C1. The number of primary amides is 1. The van der Waals surface area contributed by atoms with Gasteiger partial charge in [-0.2, -0.15) is 0 Å². The number of hydrogen-bond donors (Lipinski definition) is 2. The van der Waals surface area contributed by atoms with Gasteiger partial charge in [-0.25, -0.2) is 4.79 Å². The number of carbonyl (C=O) groups is 3. The minimum Gasteiger partial charge on any atom is -0.446 e. The monoisotopic (exact) mass is 558 g/mol. The molecule has 2 aliphatic heterocycles. The molecule has 3 heterocycles. The van der Waals surface area contributed by atoms with Gasteiger partial charge in [-0.05, 0) is 61.3 Å². The molecule has 0 radical (unpaired) electrons. The smallest absolute Gasteiger partial charge is 0.410 e. The number of rotatable bonds is 5. The van der Waals surface area contributed by atoms with Crippen molar-refractivity contribution in [2.45, 2.75) is 64.5 Å². The number of amides is 2. The van der Waals surface area contributed by atoms with Gasteiger partial charge in [0, 0.05) is 47.9 Å². The molecule has 9 heteroatoms. The maximum Gasteiger partial charge on any atom is 0.410 e. The summed E-state index contributed by atoms with van der Waals surface area (Å²) >= 11 is 0. The normalized spacial score (nSPS) is 22.3. The van der Waals surface area contributed by atoms with Gasteiger partial charge in [0.15, 0.2) is 0 Å². The third-order valence-corrected chi connectivity index (χ3v) is 8.64. The number of aromatic nitrogens is 1. The van der Waals surface area contributed by atoms with Gasteiger partial charge in [0.25, 0.3) is 5.91 Å². The molecule has 1 aromatic heterocycles. The van der Waals surface area contributed by atoms with E-state index in [2.05, 4.69) is 25.2 Å². The number of para-hydroxylation sites is 1. The Morgan fingerprint density at radius 2 is 1.76 bits per heavy atom. The van der Waals surface area contributed by atoms with E-state index < -0.39 is 5.91 Å². The van der Waals surface area contributed by atoms with Gasteiger partial charge in [-0.1, -0.05) is 38.1 Å². The summed E-state index contributed by atoms with van der Waals surface area (Å²) in [7, 11) is 0. The first-order valence-corrected chi connectivity index (χ1v) is 14.6. The van der Waals surface area contributed by atoms with Crippen LogP contribution in [-0.4, -0.2) is 65.8 Å². The van der Waals surface area contributed by atoms with Crippen LogP contribution in [0.2, 0.25) is 0 Å². The summed E-state index contributed by atoms with van der Waals surface area (Å²) in [6.45, 7) is 6.48. The van der Waals surface area contributed by atoms with Crippen molar-refractivity contribution in [3.63, 3.8) is 0 Å². The Kier molecular flexibility index (Phi) is 7.23. The van der Waals surface area contributed by atoms with Crippen molar-refractivity contribution in [3.05, 3.63) is 53.7 Å². The number of hydrogen-bond acceptors (Lipinski definition) is 6. The number of benzene rings is 2. The minimum atomic E-state index is -0.493. The molecule has 3 aliphatic rings. The number of anilines is 1. The maximum atomic E-state index is 13.3. The highest BCUT2D eigenvalue weighted by Crippen LogP contribution is 2.43. The summed E-state index contributed by atoms with van der Waals surface area (Å²) in [4.78, 5) is 39.9. The Hall–Kier alpha value is -3.85. The van der Waals surface area contributed by atoms with E-state index in [-0.39, 0.29) is 29.6 Å². The van der Waals surface area contributed by atoms with Crippen molar-refractivity contribution < 1.29 is 23.9 Å². The van der Waals surface area contributed by atoms with Crippen molar-refractivity contribution >= 4 is 34.5 Å². The van der Waals surface area contributed by atoms with Gasteiger partial charge in [-0.3, -0.25) is 14.2 Å². The first kappa shape index (κ1) is 27.3. The molecule has 0 unspecified atom stereocenters. The number of carbonyl (C=O) groups excluding carboxylic acids is 3. The summed E-state index contributed by atoms with van der Waals surface area (Å²) in [5.74, 6) is -0.385. The van der Waals surface area contributed by atoms with Crippen molar-refractivity contribution in [1.82, 2.24) is 9.47 Å². The highest BCUT2D eigenvalue weighted by molar-refractivity contribution is 6.06. The van der Waals surface area contributed by atoms with Crippen LogP contribution >= 0.6 is 0 Å². The summed E-state index contributed by atoms with van der Waals surface area (Å²) in [6.07, 6.45) is 3.98. The second-order valence-corrected chi connectivity index (χ2v) is 12.3. The second kappa shape index (κ2) is 10.9. The Balaban J connectivity index is 1.25. The first-order valence-electron chi connectivity index (χ1n) is 14.6. The molecule has 0 atom stereocenters. The molecule has 3 aromatic rings. The predicted octanol–water partition coefficient (Wildman–Crippen LogP) is 5.21. The van der Waals surface area contributed by atoms with E-state index in [0.29, 0.717) is 44.0 Å².